The van der Waals surface area contributed by atoms with Crippen LogP contribution in [0.5, 0.6) is 5.75 Å². The molecule has 2 heterocycles. The molecule has 0 spiro atoms. The van der Waals surface area contributed by atoms with Crippen molar-refractivity contribution in [1.82, 2.24) is 10.1 Å². The van der Waals surface area contributed by atoms with Crippen LogP contribution in [0.15, 0.2) is 40.9 Å². The minimum atomic E-state index is -4.47. The minimum Gasteiger partial charge on any atom is -0.476 e. The second-order valence-corrected chi connectivity index (χ2v) is 11.2. The lowest BCUT2D eigenvalue weighted by atomic mass is 10.0. The molecule has 2 aromatic heterocycles. The Bertz CT molecular complexity index is 1490. The normalized spacial score (nSPS) is 12.4. The first-order valence-corrected chi connectivity index (χ1v) is 13.5. The number of halogens is 3. The zero-order valence-corrected chi connectivity index (χ0v) is 23.5. The van der Waals surface area contributed by atoms with Crippen molar-refractivity contribution in [3.05, 3.63) is 63.8 Å². The Labute approximate surface area is 229 Å². The van der Waals surface area contributed by atoms with Gasteiger partial charge in [-0.2, -0.15) is 13.2 Å². The van der Waals surface area contributed by atoms with Crippen LogP contribution in [0.1, 0.15) is 67.9 Å². The highest BCUT2D eigenvalue weighted by molar-refractivity contribution is 7.15. The zero-order valence-electron chi connectivity index (χ0n) is 22.7. The number of thiazole rings is 1. The summed E-state index contributed by atoms with van der Waals surface area (Å²) in [6, 6.07) is 9.14. The van der Waals surface area contributed by atoms with Crippen LogP contribution in [0.4, 0.5) is 13.2 Å². The van der Waals surface area contributed by atoms with Gasteiger partial charge in [-0.15, -0.1) is 11.3 Å². The topological polar surface area (TPSA) is 74.5 Å². The fourth-order valence-corrected chi connectivity index (χ4v) is 5.55. The van der Waals surface area contributed by atoms with Crippen LogP contribution in [0.25, 0.3) is 21.5 Å². The molecule has 10 heteroatoms. The highest BCUT2D eigenvalue weighted by Crippen LogP contribution is 2.40. The van der Waals surface area contributed by atoms with Crippen molar-refractivity contribution in [2.45, 2.75) is 72.1 Å². The molecule has 0 saturated carbocycles. The first-order chi connectivity index (χ1) is 18.3. The molecule has 6 nitrogen and oxygen atoms in total. The van der Waals surface area contributed by atoms with Crippen molar-refractivity contribution in [2.24, 2.45) is 0 Å². The van der Waals surface area contributed by atoms with Crippen LogP contribution in [-0.2, 0) is 28.5 Å². The Morgan fingerprint density at radius 2 is 1.85 bits per heavy atom. The molecule has 208 valence electrons. The van der Waals surface area contributed by atoms with Crippen LogP contribution < -0.4 is 4.74 Å². The zero-order chi connectivity index (χ0) is 28.5. The Morgan fingerprint density at radius 1 is 1.13 bits per heavy atom. The maximum absolute atomic E-state index is 13.6. The summed E-state index contributed by atoms with van der Waals surface area (Å²) in [7, 11) is 0. The quantitative estimate of drug-likeness (QED) is 0.194. The van der Waals surface area contributed by atoms with Gasteiger partial charge in [-0.25, -0.2) is 9.78 Å². The molecule has 0 saturated heterocycles. The van der Waals surface area contributed by atoms with Crippen molar-refractivity contribution < 1.29 is 32.0 Å². The summed E-state index contributed by atoms with van der Waals surface area (Å²) < 4.78 is 57.6. The highest BCUT2D eigenvalue weighted by atomic mass is 32.1. The second-order valence-electron chi connectivity index (χ2n) is 10.1. The van der Waals surface area contributed by atoms with Crippen LogP contribution >= 0.6 is 11.3 Å². The number of carbonyl (C=O) groups is 1. The summed E-state index contributed by atoms with van der Waals surface area (Å²) in [6.07, 6.45) is -3.40. The number of nitrogens with zero attached hydrogens (tertiary/aromatic N) is 2. The van der Waals surface area contributed by atoms with Gasteiger partial charge < -0.3 is 14.0 Å². The molecule has 0 unspecified atom stereocenters. The fraction of sp³-hybridized carbons (Fsp3) is 0.414. The summed E-state index contributed by atoms with van der Waals surface area (Å²) in [5.41, 5.74) is 1.04. The van der Waals surface area contributed by atoms with E-state index >= 15 is 0 Å². The Kier molecular flexibility index (Phi) is 8.07. The van der Waals surface area contributed by atoms with Crippen LogP contribution in [0, 0.1) is 6.92 Å². The predicted molar refractivity (Wildman–Crippen MR) is 144 cm³/mol. The Morgan fingerprint density at radius 3 is 2.51 bits per heavy atom. The fourth-order valence-electron chi connectivity index (χ4n) is 4.29. The van der Waals surface area contributed by atoms with Crippen LogP contribution in [0.3, 0.4) is 0 Å². The number of hydrogen-bond acceptors (Lipinski definition) is 7. The predicted octanol–water partition coefficient (Wildman–Crippen LogP) is 7.91. The maximum atomic E-state index is 13.6. The van der Waals surface area contributed by atoms with Crippen molar-refractivity contribution >= 4 is 28.3 Å². The Balaban J connectivity index is 1.60. The standard InChI is InChI=1S/C29H31F3N2O4S/c1-7-36-27(35)28(5,6)37-22-15-23-19(14-17(22)4)21(34-38-23)12-13-24-25(16(2)3)33-26(39-24)18-10-8-9-11-20(18)29(30,31)32/h8-11,14-16H,7,12-13H2,1-6H3. The number of alkyl halides is 3. The molecule has 39 heavy (non-hydrogen) atoms. The van der Waals surface area contributed by atoms with E-state index in [2.05, 4.69) is 10.1 Å². The van der Waals surface area contributed by atoms with E-state index in [0.29, 0.717) is 29.2 Å². The van der Waals surface area contributed by atoms with Gasteiger partial charge in [-0.3, -0.25) is 0 Å². The first kappa shape index (κ1) is 28.6. The van der Waals surface area contributed by atoms with Gasteiger partial charge in [0.15, 0.2) is 11.2 Å². The molecule has 0 fully saturated rings. The summed E-state index contributed by atoms with van der Waals surface area (Å²) in [4.78, 5) is 17.8. The van der Waals surface area contributed by atoms with Crippen LogP contribution in [-0.4, -0.2) is 28.3 Å². The summed E-state index contributed by atoms with van der Waals surface area (Å²) in [6.45, 7) is 11.1. The van der Waals surface area contributed by atoms with Gasteiger partial charge in [-0.1, -0.05) is 37.2 Å². The van der Waals surface area contributed by atoms with Gasteiger partial charge in [0, 0.05) is 21.9 Å². The molecule has 0 atom stereocenters. The van der Waals surface area contributed by atoms with Gasteiger partial charge in [0.05, 0.1) is 23.6 Å². The van der Waals surface area contributed by atoms with Gasteiger partial charge in [0.25, 0.3) is 0 Å². The van der Waals surface area contributed by atoms with Crippen LogP contribution in [0.2, 0.25) is 0 Å². The van der Waals surface area contributed by atoms with E-state index in [4.69, 9.17) is 14.0 Å². The molecule has 0 radical (unpaired) electrons. The number of carbonyl (C=O) groups excluding carboxylic acids is 1. The smallest absolute Gasteiger partial charge is 0.417 e. The molecule has 4 rings (SSSR count). The molecule has 0 aliphatic rings. The lowest BCUT2D eigenvalue weighted by Gasteiger charge is -2.25. The number of hydrogen-bond donors (Lipinski definition) is 0. The number of aryl methyl sites for hydroxylation is 3. The van der Waals surface area contributed by atoms with Crippen molar-refractivity contribution in [3.8, 4) is 16.3 Å². The maximum Gasteiger partial charge on any atom is 0.417 e. The van der Waals surface area contributed by atoms with Crippen molar-refractivity contribution in [3.63, 3.8) is 0 Å². The number of benzene rings is 2. The minimum absolute atomic E-state index is 0.0433. The van der Waals surface area contributed by atoms with E-state index < -0.39 is 23.3 Å². The van der Waals surface area contributed by atoms with E-state index in [9.17, 15) is 18.0 Å². The molecule has 0 N–H and O–H groups in total. The number of aromatic nitrogens is 2. The highest BCUT2D eigenvalue weighted by Gasteiger charge is 2.35. The average Bonchev–Trinajstić information content (AvgIpc) is 3.46. The van der Waals surface area contributed by atoms with E-state index in [-0.39, 0.29) is 18.1 Å². The summed E-state index contributed by atoms with van der Waals surface area (Å²) in [5.74, 6) is 0.0630. The van der Waals surface area contributed by atoms with Gasteiger partial charge in [0.1, 0.15) is 10.8 Å². The Hall–Kier alpha value is -3.40. The third-order valence-electron chi connectivity index (χ3n) is 6.30. The van der Waals surface area contributed by atoms with E-state index in [1.807, 2.05) is 26.8 Å². The van der Waals surface area contributed by atoms with E-state index in [0.717, 1.165) is 33.3 Å². The van der Waals surface area contributed by atoms with E-state index in [1.54, 1.807) is 32.9 Å². The lowest BCUT2D eigenvalue weighted by Crippen LogP contribution is -2.39. The number of rotatable bonds is 9. The molecule has 0 amide bonds. The summed E-state index contributed by atoms with van der Waals surface area (Å²) >= 11 is 1.28. The van der Waals surface area contributed by atoms with Gasteiger partial charge in [-0.05, 0) is 64.2 Å². The molecular formula is C29H31F3N2O4S. The average molecular weight is 561 g/mol. The number of ether oxygens (including phenoxy) is 2. The monoisotopic (exact) mass is 560 g/mol. The number of esters is 1. The molecule has 4 aromatic rings. The summed E-state index contributed by atoms with van der Waals surface area (Å²) in [5, 5.41) is 5.42. The second kappa shape index (κ2) is 11.0. The van der Waals surface area contributed by atoms with Gasteiger partial charge in [0.2, 0.25) is 0 Å². The van der Waals surface area contributed by atoms with Crippen molar-refractivity contribution in [2.75, 3.05) is 6.61 Å². The first-order valence-electron chi connectivity index (χ1n) is 12.7. The van der Waals surface area contributed by atoms with Gasteiger partial charge >= 0.3 is 12.1 Å². The largest absolute Gasteiger partial charge is 0.476 e. The van der Waals surface area contributed by atoms with E-state index in [1.165, 1.54) is 23.5 Å². The lowest BCUT2D eigenvalue weighted by molar-refractivity contribution is -0.158. The molecule has 2 aromatic carbocycles. The van der Waals surface area contributed by atoms with Crippen molar-refractivity contribution in [1.29, 1.82) is 0 Å². The number of fused-ring (bicyclic) bond motifs is 1. The third-order valence-corrected chi connectivity index (χ3v) is 7.46. The molecule has 0 bridgehead atoms. The third kappa shape index (κ3) is 6.11. The molecule has 0 aliphatic heterocycles. The molecule has 0 aliphatic carbocycles. The molecular weight excluding hydrogens is 529 g/mol. The SMILES string of the molecule is CCOC(=O)C(C)(C)Oc1cc2onc(CCc3sc(-c4ccccc4C(F)(F)F)nc3C(C)C)c2cc1C.